The summed E-state index contributed by atoms with van der Waals surface area (Å²) in [5, 5.41) is 15.1. The van der Waals surface area contributed by atoms with Crippen LogP contribution in [0.3, 0.4) is 0 Å². The fourth-order valence-electron chi connectivity index (χ4n) is 4.08. The monoisotopic (exact) mass is 539 g/mol. The van der Waals surface area contributed by atoms with Gasteiger partial charge in [-0.2, -0.15) is 13.2 Å². The summed E-state index contributed by atoms with van der Waals surface area (Å²) in [5.41, 5.74) is -1.01. The zero-order valence-corrected chi connectivity index (χ0v) is 21.1. The van der Waals surface area contributed by atoms with Gasteiger partial charge in [-0.3, -0.25) is 4.99 Å². The van der Waals surface area contributed by atoms with Crippen molar-refractivity contribution in [2.24, 2.45) is 10.9 Å². The molecule has 2 aliphatic rings. The third kappa shape index (κ3) is 4.81. The summed E-state index contributed by atoms with van der Waals surface area (Å²) in [5.74, 6) is -1.13. The van der Waals surface area contributed by atoms with E-state index in [0.29, 0.717) is 17.9 Å². The summed E-state index contributed by atoms with van der Waals surface area (Å²) in [6.07, 6.45) is 4.95. The molecule has 0 fully saturated rings. The first-order chi connectivity index (χ1) is 17.1. The van der Waals surface area contributed by atoms with E-state index in [0.717, 1.165) is 17.6 Å². The molecule has 0 spiro atoms. The van der Waals surface area contributed by atoms with Crippen molar-refractivity contribution in [3.63, 3.8) is 0 Å². The minimum absolute atomic E-state index is 0.114. The molecule has 2 aromatic heterocycles. The van der Waals surface area contributed by atoms with Crippen LogP contribution in [0.15, 0.2) is 67.7 Å². The highest BCUT2D eigenvalue weighted by Gasteiger charge is 2.46. The Morgan fingerprint density at radius 2 is 2.17 bits per heavy atom. The minimum atomic E-state index is -4.84. The van der Waals surface area contributed by atoms with E-state index in [1.54, 1.807) is 32.1 Å². The normalized spacial score (nSPS) is 23.3. The van der Waals surface area contributed by atoms with Gasteiger partial charge < -0.3 is 9.84 Å². The average molecular weight is 540 g/mol. The molecule has 0 saturated heterocycles. The first kappa shape index (κ1) is 26.0. The Morgan fingerprint density at radius 3 is 2.78 bits per heavy atom. The highest BCUT2D eigenvalue weighted by atomic mass is 35.5. The van der Waals surface area contributed by atoms with Crippen LogP contribution in [0, 0.1) is 5.92 Å². The minimum Gasteiger partial charge on any atom is -0.355 e. The van der Waals surface area contributed by atoms with E-state index in [9.17, 15) is 13.2 Å². The smallest absolute Gasteiger partial charge is 0.355 e. The molecule has 0 saturated carbocycles. The molecule has 4 rings (SSSR count). The van der Waals surface area contributed by atoms with E-state index in [1.807, 2.05) is 0 Å². The van der Waals surface area contributed by atoms with Crippen LogP contribution in [0.2, 0.25) is 0 Å². The molecule has 0 bridgehead atoms. The molecule has 0 aliphatic heterocycles. The molecule has 12 heteroatoms. The van der Waals surface area contributed by atoms with Crippen molar-refractivity contribution < 1.29 is 22.1 Å². The Bertz CT molecular complexity index is 1320. The number of hydrogen-bond donors (Lipinski definition) is 1. The Hall–Kier alpha value is -3.05. The maximum Gasteiger partial charge on any atom is 0.432 e. The van der Waals surface area contributed by atoms with Crippen LogP contribution in [0.5, 0.6) is 0 Å². The maximum absolute atomic E-state index is 15.3. The van der Waals surface area contributed by atoms with Crippen molar-refractivity contribution in [1.29, 1.82) is 0 Å². The lowest BCUT2D eigenvalue weighted by Gasteiger charge is -2.33. The summed E-state index contributed by atoms with van der Waals surface area (Å²) in [7, 11) is 1.34. The second-order valence-corrected chi connectivity index (χ2v) is 9.78. The molecule has 2 atom stereocenters. The second-order valence-electron chi connectivity index (χ2n) is 8.46. The molecule has 2 aromatic rings. The van der Waals surface area contributed by atoms with Crippen LogP contribution in [0.1, 0.15) is 38.1 Å². The summed E-state index contributed by atoms with van der Waals surface area (Å²) in [6.45, 7) is 3.42. The van der Waals surface area contributed by atoms with Crippen LogP contribution in [0.4, 0.5) is 17.6 Å². The van der Waals surface area contributed by atoms with E-state index < -0.39 is 28.7 Å². The van der Waals surface area contributed by atoms with Gasteiger partial charge in [-0.05, 0) is 37.8 Å². The molecule has 2 unspecified atom stereocenters. The Labute approximate surface area is 213 Å². The van der Waals surface area contributed by atoms with Gasteiger partial charge in [0.05, 0.1) is 16.6 Å². The fraction of sp³-hybridized carbons (Fsp3) is 0.333. The maximum atomic E-state index is 15.3. The number of aliphatic imine (C=N–C) groups is 1. The highest BCUT2D eigenvalue weighted by molar-refractivity contribution is 7.12. The third-order valence-electron chi connectivity index (χ3n) is 6.19. The molecule has 0 aromatic carbocycles. The summed E-state index contributed by atoms with van der Waals surface area (Å²) in [4.78, 5) is 3.85. The van der Waals surface area contributed by atoms with Gasteiger partial charge in [0.2, 0.25) is 0 Å². The van der Waals surface area contributed by atoms with Gasteiger partial charge in [0.25, 0.3) is 0 Å². The van der Waals surface area contributed by atoms with Gasteiger partial charge in [-0.25, -0.2) is 4.39 Å². The van der Waals surface area contributed by atoms with Gasteiger partial charge in [0.1, 0.15) is 22.7 Å². The lowest BCUT2D eigenvalue weighted by Crippen LogP contribution is -2.33. The largest absolute Gasteiger partial charge is 0.432 e. The van der Waals surface area contributed by atoms with Gasteiger partial charge in [0.15, 0.2) is 10.8 Å². The third-order valence-corrected chi connectivity index (χ3v) is 7.20. The second kappa shape index (κ2) is 10.1. The Balaban J connectivity index is 1.99. The first-order valence-electron chi connectivity index (χ1n) is 11.0. The van der Waals surface area contributed by atoms with Crippen LogP contribution < -0.4 is 5.32 Å². The molecule has 2 heterocycles. The van der Waals surface area contributed by atoms with Crippen molar-refractivity contribution in [1.82, 2.24) is 20.7 Å². The van der Waals surface area contributed by atoms with E-state index in [2.05, 4.69) is 25.7 Å². The van der Waals surface area contributed by atoms with Crippen molar-refractivity contribution in [3.8, 4) is 10.6 Å². The molecule has 190 valence electrons. The molecule has 1 N–H and O–H groups in total. The molecular weight excluding hydrogens is 518 g/mol. The van der Waals surface area contributed by atoms with Crippen LogP contribution in [0.25, 0.3) is 16.1 Å². The number of nitrogens with zero attached hydrogens (tertiary/aromatic N) is 4. The number of allylic oxidation sites excluding steroid dienone is 9. The fourth-order valence-corrected chi connectivity index (χ4v) is 4.90. The van der Waals surface area contributed by atoms with Gasteiger partial charge in [-0.15, -0.1) is 10.2 Å². The lowest BCUT2D eigenvalue weighted by atomic mass is 9.70. The SMILES string of the molecule is CN=C/C(=C(\NC1=CCCC(Cl)=C1)C(F)(F)F)c1onc(C2(C)C(F)=CC=CC2C)c1-c1nncs1. The first-order valence-corrected chi connectivity index (χ1v) is 12.2. The molecule has 36 heavy (non-hydrogen) atoms. The van der Waals surface area contributed by atoms with E-state index >= 15 is 4.39 Å². The predicted molar refractivity (Wildman–Crippen MR) is 132 cm³/mol. The zero-order valence-electron chi connectivity index (χ0n) is 19.5. The van der Waals surface area contributed by atoms with Crippen LogP contribution >= 0.6 is 22.9 Å². The van der Waals surface area contributed by atoms with Crippen molar-refractivity contribution in [2.45, 2.75) is 38.3 Å². The van der Waals surface area contributed by atoms with Crippen molar-refractivity contribution in [3.05, 3.63) is 69.6 Å². The topological polar surface area (TPSA) is 76.2 Å². The number of alkyl halides is 3. The Kier molecular flexibility index (Phi) is 7.33. The Morgan fingerprint density at radius 1 is 1.39 bits per heavy atom. The summed E-state index contributed by atoms with van der Waals surface area (Å²) in [6, 6.07) is 0. The standard InChI is InChI=1S/C24H22ClF4N5OS/c1-13-6-4-9-17(26)23(13,2)21-18(22-33-31-12-36-22)19(35-34-21)16(11-30-3)20(24(27,28)29)32-15-8-5-7-14(25)10-15/h4,6,8-13,32H,5,7H2,1-3H3/b20-16+,30-11?. The highest BCUT2D eigenvalue weighted by Crippen LogP contribution is 2.48. The van der Waals surface area contributed by atoms with Crippen molar-refractivity contribution in [2.75, 3.05) is 7.05 Å². The van der Waals surface area contributed by atoms with Crippen LogP contribution in [-0.4, -0.2) is 34.8 Å². The molecular formula is C24H22ClF4N5OS. The quantitative estimate of drug-likeness (QED) is 0.320. The number of aromatic nitrogens is 3. The number of rotatable bonds is 6. The zero-order chi connectivity index (χ0) is 26.1. The van der Waals surface area contributed by atoms with Gasteiger partial charge >= 0.3 is 6.18 Å². The summed E-state index contributed by atoms with van der Waals surface area (Å²) < 4.78 is 64.2. The summed E-state index contributed by atoms with van der Waals surface area (Å²) >= 11 is 7.14. The average Bonchev–Trinajstić information content (AvgIpc) is 3.49. The number of nitrogens with one attached hydrogen (secondary N) is 1. The lowest BCUT2D eigenvalue weighted by molar-refractivity contribution is -0.0949. The molecule has 6 nitrogen and oxygen atoms in total. The number of hydrogen-bond acceptors (Lipinski definition) is 7. The number of halogens is 5. The van der Waals surface area contributed by atoms with E-state index in [-0.39, 0.29) is 33.6 Å². The van der Waals surface area contributed by atoms with Gasteiger partial charge in [0, 0.05) is 24.0 Å². The predicted octanol–water partition coefficient (Wildman–Crippen LogP) is 6.87. The molecule has 2 aliphatic carbocycles. The molecule has 0 radical (unpaired) electrons. The molecule has 0 amide bonds. The van der Waals surface area contributed by atoms with E-state index in [4.69, 9.17) is 16.1 Å². The van der Waals surface area contributed by atoms with Gasteiger partial charge in [-0.1, -0.05) is 53.2 Å². The van der Waals surface area contributed by atoms with Crippen LogP contribution in [-0.2, 0) is 5.41 Å². The van der Waals surface area contributed by atoms with Crippen molar-refractivity contribution >= 4 is 34.7 Å². The van der Waals surface area contributed by atoms with E-state index in [1.165, 1.54) is 24.7 Å².